The van der Waals surface area contributed by atoms with Crippen LogP contribution in [0.25, 0.3) is 0 Å². The molecular formula is C20H31F3N4O2. The maximum Gasteiger partial charge on any atom is 0.401 e. The zero-order chi connectivity index (χ0) is 21.3. The van der Waals surface area contributed by atoms with Crippen molar-refractivity contribution in [3.63, 3.8) is 0 Å². The van der Waals surface area contributed by atoms with Gasteiger partial charge in [-0.25, -0.2) is 4.99 Å². The minimum atomic E-state index is -4.14. The lowest BCUT2D eigenvalue weighted by Crippen LogP contribution is -2.41. The number of guanidine groups is 1. The molecule has 2 unspecified atom stereocenters. The number of halogens is 3. The second-order valence-electron chi connectivity index (χ2n) is 7.21. The molecule has 1 aliphatic rings. The summed E-state index contributed by atoms with van der Waals surface area (Å²) in [6.45, 7) is 5.71. The fraction of sp³-hybridized carbons (Fsp3) is 0.650. The molecule has 1 aromatic carbocycles. The highest BCUT2D eigenvalue weighted by atomic mass is 19.4. The minimum Gasteiger partial charge on any atom is -0.497 e. The maximum absolute atomic E-state index is 12.5. The molecule has 0 spiro atoms. The fourth-order valence-corrected chi connectivity index (χ4v) is 3.22. The van der Waals surface area contributed by atoms with Crippen molar-refractivity contribution in [3.05, 3.63) is 24.3 Å². The summed E-state index contributed by atoms with van der Waals surface area (Å²) in [6, 6.07) is 7.39. The number of alkyl halides is 3. The Morgan fingerprint density at radius 1 is 1.31 bits per heavy atom. The average Bonchev–Trinajstić information content (AvgIpc) is 3.09. The SMILES string of the molecule is CCNC(=NCC(C)Oc1cccc(OC)c1)NCC1CCN(CC(F)(F)F)C1. The van der Waals surface area contributed by atoms with E-state index < -0.39 is 12.7 Å². The van der Waals surface area contributed by atoms with Crippen molar-refractivity contribution in [1.82, 2.24) is 15.5 Å². The monoisotopic (exact) mass is 416 g/mol. The van der Waals surface area contributed by atoms with E-state index in [1.54, 1.807) is 7.11 Å². The summed E-state index contributed by atoms with van der Waals surface area (Å²) in [5.74, 6) is 2.25. The molecule has 1 aromatic rings. The van der Waals surface area contributed by atoms with Crippen molar-refractivity contribution in [2.24, 2.45) is 10.9 Å². The van der Waals surface area contributed by atoms with Crippen LogP contribution in [-0.4, -0.2) is 69.5 Å². The van der Waals surface area contributed by atoms with Crippen LogP contribution in [0.3, 0.4) is 0 Å². The smallest absolute Gasteiger partial charge is 0.401 e. The number of nitrogens with one attached hydrogen (secondary N) is 2. The second-order valence-corrected chi connectivity index (χ2v) is 7.21. The van der Waals surface area contributed by atoms with Gasteiger partial charge in [-0.3, -0.25) is 4.90 Å². The number of hydrogen-bond donors (Lipinski definition) is 2. The molecule has 29 heavy (non-hydrogen) atoms. The van der Waals surface area contributed by atoms with E-state index in [9.17, 15) is 13.2 Å². The molecule has 0 bridgehead atoms. The van der Waals surface area contributed by atoms with Gasteiger partial charge in [0, 0.05) is 25.7 Å². The predicted molar refractivity (Wildman–Crippen MR) is 108 cm³/mol. The number of aliphatic imine (C=N–C) groups is 1. The lowest BCUT2D eigenvalue weighted by atomic mass is 10.1. The molecule has 1 aliphatic heterocycles. The van der Waals surface area contributed by atoms with Gasteiger partial charge in [0.15, 0.2) is 5.96 Å². The van der Waals surface area contributed by atoms with E-state index >= 15 is 0 Å². The van der Waals surface area contributed by atoms with E-state index in [0.717, 1.165) is 12.2 Å². The van der Waals surface area contributed by atoms with Gasteiger partial charge in [0.1, 0.15) is 17.6 Å². The Bertz CT molecular complexity index is 655. The lowest BCUT2D eigenvalue weighted by molar-refractivity contribution is -0.143. The Morgan fingerprint density at radius 3 is 2.76 bits per heavy atom. The van der Waals surface area contributed by atoms with Crippen molar-refractivity contribution in [2.75, 3.05) is 46.4 Å². The highest BCUT2D eigenvalue weighted by Gasteiger charge is 2.34. The summed E-state index contributed by atoms with van der Waals surface area (Å²) >= 11 is 0. The number of benzene rings is 1. The minimum absolute atomic E-state index is 0.147. The number of likely N-dealkylation sites (tertiary alicyclic amines) is 1. The van der Waals surface area contributed by atoms with E-state index in [1.807, 2.05) is 38.1 Å². The standard InChI is InChI=1S/C20H31F3N4O2/c1-4-24-19(26-12-16-8-9-27(13-16)14-20(21,22)23)25-11-15(2)29-18-7-5-6-17(10-18)28-3/h5-7,10,15-16H,4,8-9,11-14H2,1-3H3,(H2,24,25,26). The third-order valence-corrected chi connectivity index (χ3v) is 4.56. The van der Waals surface area contributed by atoms with Gasteiger partial charge in [-0.15, -0.1) is 0 Å². The van der Waals surface area contributed by atoms with Crippen molar-refractivity contribution >= 4 is 5.96 Å². The van der Waals surface area contributed by atoms with Crippen LogP contribution in [0.5, 0.6) is 11.5 Å². The third kappa shape index (κ3) is 8.81. The Morgan fingerprint density at radius 2 is 2.07 bits per heavy atom. The lowest BCUT2D eigenvalue weighted by Gasteiger charge is -2.19. The topological polar surface area (TPSA) is 58.1 Å². The highest BCUT2D eigenvalue weighted by molar-refractivity contribution is 5.79. The van der Waals surface area contributed by atoms with Gasteiger partial charge in [-0.05, 0) is 44.9 Å². The van der Waals surface area contributed by atoms with Crippen LogP contribution in [0.1, 0.15) is 20.3 Å². The summed E-state index contributed by atoms with van der Waals surface area (Å²) in [5, 5.41) is 6.40. The van der Waals surface area contributed by atoms with Gasteiger partial charge in [-0.1, -0.05) is 6.07 Å². The summed E-state index contributed by atoms with van der Waals surface area (Å²) in [6.07, 6.45) is -3.54. The van der Waals surface area contributed by atoms with E-state index in [1.165, 1.54) is 4.90 Å². The van der Waals surface area contributed by atoms with E-state index in [2.05, 4.69) is 15.6 Å². The second kappa shape index (κ2) is 11.1. The number of ether oxygens (including phenoxy) is 2. The quantitative estimate of drug-likeness (QED) is 0.479. The van der Waals surface area contributed by atoms with Gasteiger partial charge < -0.3 is 20.1 Å². The molecule has 0 radical (unpaired) electrons. The van der Waals surface area contributed by atoms with Crippen molar-refractivity contribution in [2.45, 2.75) is 32.5 Å². The number of rotatable bonds is 9. The van der Waals surface area contributed by atoms with Crippen LogP contribution >= 0.6 is 0 Å². The molecule has 1 heterocycles. The third-order valence-electron chi connectivity index (χ3n) is 4.56. The van der Waals surface area contributed by atoms with Gasteiger partial charge in [-0.2, -0.15) is 13.2 Å². The maximum atomic E-state index is 12.5. The average molecular weight is 416 g/mol. The van der Waals surface area contributed by atoms with Crippen LogP contribution in [0.4, 0.5) is 13.2 Å². The van der Waals surface area contributed by atoms with Gasteiger partial charge in [0.05, 0.1) is 20.2 Å². The van der Waals surface area contributed by atoms with Crippen LogP contribution in [0.2, 0.25) is 0 Å². The normalized spacial score (nSPS) is 19.1. The zero-order valence-corrected chi connectivity index (χ0v) is 17.3. The number of methoxy groups -OCH3 is 1. The highest BCUT2D eigenvalue weighted by Crippen LogP contribution is 2.22. The number of hydrogen-bond acceptors (Lipinski definition) is 4. The zero-order valence-electron chi connectivity index (χ0n) is 17.3. The molecule has 9 heteroatoms. The molecule has 0 aliphatic carbocycles. The van der Waals surface area contributed by atoms with Gasteiger partial charge in [0.25, 0.3) is 0 Å². The molecule has 164 valence electrons. The largest absolute Gasteiger partial charge is 0.497 e. The Labute approximate surface area is 170 Å². The van der Waals surface area contributed by atoms with Crippen LogP contribution in [0.15, 0.2) is 29.3 Å². The molecule has 1 fully saturated rings. The summed E-state index contributed by atoms with van der Waals surface area (Å²) < 4.78 is 48.6. The van der Waals surface area contributed by atoms with Crippen molar-refractivity contribution in [3.8, 4) is 11.5 Å². The first-order valence-corrected chi connectivity index (χ1v) is 9.91. The van der Waals surface area contributed by atoms with Gasteiger partial charge >= 0.3 is 6.18 Å². The molecule has 2 rings (SSSR count). The summed E-state index contributed by atoms with van der Waals surface area (Å²) in [5.41, 5.74) is 0. The predicted octanol–water partition coefficient (Wildman–Crippen LogP) is 2.90. The van der Waals surface area contributed by atoms with Crippen molar-refractivity contribution < 1.29 is 22.6 Å². The molecule has 6 nitrogen and oxygen atoms in total. The molecule has 0 aromatic heterocycles. The van der Waals surface area contributed by atoms with E-state index in [0.29, 0.717) is 44.4 Å². The molecule has 0 amide bonds. The van der Waals surface area contributed by atoms with E-state index in [-0.39, 0.29) is 12.0 Å². The summed E-state index contributed by atoms with van der Waals surface area (Å²) in [4.78, 5) is 5.99. The van der Waals surface area contributed by atoms with Crippen LogP contribution in [0, 0.1) is 5.92 Å². The first-order valence-electron chi connectivity index (χ1n) is 9.91. The summed E-state index contributed by atoms with van der Waals surface area (Å²) in [7, 11) is 1.61. The van der Waals surface area contributed by atoms with Crippen molar-refractivity contribution in [1.29, 1.82) is 0 Å². The Kier molecular flexibility index (Phi) is 8.88. The molecule has 1 saturated heterocycles. The van der Waals surface area contributed by atoms with Crippen LogP contribution in [-0.2, 0) is 0 Å². The first-order chi connectivity index (χ1) is 13.8. The molecule has 2 N–H and O–H groups in total. The Balaban J connectivity index is 1.80. The molecule has 0 saturated carbocycles. The number of nitrogens with zero attached hydrogens (tertiary/aromatic N) is 2. The van der Waals surface area contributed by atoms with Gasteiger partial charge in [0.2, 0.25) is 0 Å². The molecule has 2 atom stereocenters. The Hall–Kier alpha value is -2.16. The molecular weight excluding hydrogens is 385 g/mol. The van der Waals surface area contributed by atoms with Crippen LogP contribution < -0.4 is 20.1 Å². The fourth-order valence-electron chi connectivity index (χ4n) is 3.22. The van der Waals surface area contributed by atoms with E-state index in [4.69, 9.17) is 9.47 Å². The first kappa shape index (κ1) is 23.1.